The summed E-state index contributed by atoms with van der Waals surface area (Å²) in [5.41, 5.74) is 2.74. The van der Waals surface area contributed by atoms with Crippen LogP contribution in [0.15, 0.2) is 0 Å². The fourth-order valence-electron chi connectivity index (χ4n) is 2.20. The Bertz CT molecular complexity index is 500. The summed E-state index contributed by atoms with van der Waals surface area (Å²) in [6.07, 6.45) is 0. The predicted molar refractivity (Wildman–Crippen MR) is 57.3 cm³/mol. The minimum absolute atomic E-state index is 0.0885. The van der Waals surface area contributed by atoms with E-state index in [1.165, 1.54) is 6.92 Å². The quantitative estimate of drug-likeness (QED) is 0.655. The van der Waals surface area contributed by atoms with Gasteiger partial charge < -0.3 is 14.9 Å². The van der Waals surface area contributed by atoms with Gasteiger partial charge in [0.25, 0.3) is 0 Å². The molecule has 2 rings (SSSR count). The summed E-state index contributed by atoms with van der Waals surface area (Å²) in [4.78, 5) is 11.6. The summed E-state index contributed by atoms with van der Waals surface area (Å²) in [6.45, 7) is 6.77. The van der Waals surface area contributed by atoms with Crippen LogP contribution in [0.3, 0.4) is 0 Å². The number of esters is 1. The third-order valence-corrected chi connectivity index (χ3v) is 3.30. The summed E-state index contributed by atoms with van der Waals surface area (Å²) < 4.78 is 4.85. The van der Waals surface area contributed by atoms with E-state index >= 15 is 0 Å². The van der Waals surface area contributed by atoms with Crippen molar-refractivity contribution < 1.29 is 19.7 Å². The Morgan fingerprint density at radius 2 is 1.69 bits per heavy atom. The van der Waals surface area contributed by atoms with Crippen molar-refractivity contribution in [2.24, 2.45) is 0 Å². The van der Waals surface area contributed by atoms with E-state index in [1.807, 2.05) is 6.92 Å². The molecular weight excluding hydrogens is 208 g/mol. The number of phenols is 1. The summed E-state index contributed by atoms with van der Waals surface area (Å²) in [7, 11) is 0. The SMILES string of the molecule is Cc1c(C)c(O)c2c(c1C)C(C)(O)OC2=O. The molecule has 4 heteroatoms. The molecule has 1 unspecified atom stereocenters. The van der Waals surface area contributed by atoms with E-state index in [0.29, 0.717) is 11.1 Å². The van der Waals surface area contributed by atoms with Crippen LogP contribution in [0.2, 0.25) is 0 Å². The van der Waals surface area contributed by atoms with Crippen LogP contribution in [0.4, 0.5) is 0 Å². The zero-order chi connectivity index (χ0) is 12.2. The standard InChI is InChI=1S/C12H14O4/c1-5-6(2)9-8(10(13)7(5)3)11(14)16-12(9,4)15/h13,15H,1-4H3. The number of hydrogen-bond donors (Lipinski definition) is 2. The van der Waals surface area contributed by atoms with E-state index in [9.17, 15) is 15.0 Å². The Hall–Kier alpha value is -1.55. The van der Waals surface area contributed by atoms with Gasteiger partial charge in [0, 0.05) is 12.5 Å². The second-order valence-corrected chi connectivity index (χ2v) is 4.35. The molecular formula is C12H14O4. The number of carbonyl (C=O) groups is 1. The minimum Gasteiger partial charge on any atom is -0.507 e. The molecule has 1 atom stereocenters. The molecule has 0 fully saturated rings. The first-order chi connectivity index (χ1) is 7.27. The molecule has 86 valence electrons. The summed E-state index contributed by atoms with van der Waals surface area (Å²) in [5.74, 6) is -2.42. The number of phenolic OH excluding ortho intramolecular Hbond substituents is 1. The Morgan fingerprint density at radius 3 is 2.25 bits per heavy atom. The average molecular weight is 222 g/mol. The molecule has 0 aromatic heterocycles. The zero-order valence-electron chi connectivity index (χ0n) is 9.71. The smallest absolute Gasteiger partial charge is 0.345 e. The number of aliphatic hydroxyl groups is 1. The average Bonchev–Trinajstić information content (AvgIpc) is 2.42. The number of carbonyl (C=O) groups excluding carboxylic acids is 1. The molecule has 16 heavy (non-hydrogen) atoms. The first-order valence-corrected chi connectivity index (χ1v) is 5.06. The van der Waals surface area contributed by atoms with Gasteiger partial charge in [0.2, 0.25) is 5.79 Å². The first kappa shape index (κ1) is 11.0. The predicted octanol–water partition coefficient (Wildman–Crippen LogP) is 1.65. The lowest BCUT2D eigenvalue weighted by Crippen LogP contribution is -2.21. The molecule has 0 saturated heterocycles. The van der Waals surface area contributed by atoms with Crippen molar-refractivity contribution in [3.63, 3.8) is 0 Å². The highest BCUT2D eigenvalue weighted by atomic mass is 16.7. The van der Waals surface area contributed by atoms with Crippen LogP contribution < -0.4 is 0 Å². The maximum absolute atomic E-state index is 11.6. The molecule has 1 aromatic rings. The second kappa shape index (κ2) is 2.98. The van der Waals surface area contributed by atoms with Crippen LogP contribution in [0.25, 0.3) is 0 Å². The summed E-state index contributed by atoms with van der Waals surface area (Å²) >= 11 is 0. The van der Waals surface area contributed by atoms with Crippen molar-refractivity contribution in [2.75, 3.05) is 0 Å². The van der Waals surface area contributed by atoms with E-state index in [1.54, 1.807) is 13.8 Å². The van der Waals surface area contributed by atoms with Crippen LogP contribution in [-0.2, 0) is 10.5 Å². The minimum atomic E-state index is -1.65. The van der Waals surface area contributed by atoms with E-state index in [4.69, 9.17) is 4.74 Å². The van der Waals surface area contributed by atoms with Gasteiger partial charge in [-0.25, -0.2) is 4.79 Å². The highest BCUT2D eigenvalue weighted by Gasteiger charge is 2.44. The van der Waals surface area contributed by atoms with Crippen molar-refractivity contribution in [1.29, 1.82) is 0 Å². The Labute approximate surface area is 93.5 Å². The lowest BCUT2D eigenvalue weighted by molar-refractivity contribution is -0.147. The Morgan fingerprint density at radius 1 is 1.12 bits per heavy atom. The van der Waals surface area contributed by atoms with Crippen molar-refractivity contribution >= 4 is 5.97 Å². The van der Waals surface area contributed by atoms with Gasteiger partial charge in [0.15, 0.2) is 0 Å². The fourth-order valence-corrected chi connectivity index (χ4v) is 2.20. The van der Waals surface area contributed by atoms with Crippen LogP contribution in [0, 0.1) is 20.8 Å². The lowest BCUT2D eigenvalue weighted by Gasteiger charge is -2.20. The maximum Gasteiger partial charge on any atom is 0.345 e. The number of ether oxygens (including phenoxy) is 1. The normalized spacial score (nSPS) is 23.2. The topological polar surface area (TPSA) is 66.8 Å². The van der Waals surface area contributed by atoms with Crippen molar-refractivity contribution in [2.45, 2.75) is 33.5 Å². The number of hydrogen-bond acceptors (Lipinski definition) is 4. The molecule has 0 aliphatic carbocycles. The fraction of sp³-hybridized carbons (Fsp3) is 0.417. The highest BCUT2D eigenvalue weighted by Crippen LogP contribution is 2.43. The third kappa shape index (κ3) is 1.16. The zero-order valence-corrected chi connectivity index (χ0v) is 9.71. The van der Waals surface area contributed by atoms with Gasteiger partial charge in [-0.3, -0.25) is 0 Å². The molecule has 0 amide bonds. The van der Waals surface area contributed by atoms with Gasteiger partial charge >= 0.3 is 5.97 Å². The van der Waals surface area contributed by atoms with Crippen LogP contribution >= 0.6 is 0 Å². The lowest BCUT2D eigenvalue weighted by atomic mass is 9.90. The molecule has 0 radical (unpaired) electrons. The molecule has 1 aliphatic heterocycles. The van der Waals surface area contributed by atoms with E-state index < -0.39 is 11.8 Å². The van der Waals surface area contributed by atoms with Gasteiger partial charge in [-0.15, -0.1) is 0 Å². The van der Waals surface area contributed by atoms with Crippen LogP contribution in [0.1, 0.15) is 39.5 Å². The van der Waals surface area contributed by atoms with Crippen LogP contribution in [0.5, 0.6) is 5.75 Å². The summed E-state index contributed by atoms with van der Waals surface area (Å²) in [5, 5.41) is 19.9. The van der Waals surface area contributed by atoms with E-state index in [-0.39, 0.29) is 11.3 Å². The van der Waals surface area contributed by atoms with Crippen LogP contribution in [-0.4, -0.2) is 16.2 Å². The summed E-state index contributed by atoms with van der Waals surface area (Å²) in [6, 6.07) is 0. The van der Waals surface area contributed by atoms with E-state index in [2.05, 4.69) is 0 Å². The van der Waals surface area contributed by atoms with Crippen molar-refractivity contribution in [1.82, 2.24) is 0 Å². The van der Waals surface area contributed by atoms with Crippen molar-refractivity contribution in [3.8, 4) is 5.75 Å². The van der Waals surface area contributed by atoms with Gasteiger partial charge in [0.05, 0.1) is 0 Å². The second-order valence-electron chi connectivity index (χ2n) is 4.35. The van der Waals surface area contributed by atoms with Gasteiger partial charge in [-0.1, -0.05) is 0 Å². The van der Waals surface area contributed by atoms with Gasteiger partial charge in [-0.05, 0) is 37.5 Å². The molecule has 1 aromatic carbocycles. The number of benzene rings is 1. The maximum atomic E-state index is 11.6. The number of rotatable bonds is 0. The van der Waals surface area contributed by atoms with E-state index in [0.717, 1.165) is 11.1 Å². The van der Waals surface area contributed by atoms with Gasteiger partial charge in [-0.2, -0.15) is 0 Å². The monoisotopic (exact) mass is 222 g/mol. The number of cyclic esters (lactones) is 1. The molecule has 2 N–H and O–H groups in total. The molecule has 0 bridgehead atoms. The van der Waals surface area contributed by atoms with Gasteiger partial charge in [0.1, 0.15) is 11.3 Å². The molecule has 1 aliphatic rings. The number of aromatic hydroxyl groups is 1. The molecule has 0 saturated carbocycles. The third-order valence-electron chi connectivity index (χ3n) is 3.30. The molecule has 1 heterocycles. The Balaban J connectivity index is 2.91. The molecule has 0 spiro atoms. The van der Waals surface area contributed by atoms with Crippen molar-refractivity contribution in [3.05, 3.63) is 27.8 Å². The molecule has 4 nitrogen and oxygen atoms in total. The largest absolute Gasteiger partial charge is 0.507 e. The first-order valence-electron chi connectivity index (χ1n) is 5.06. The Kier molecular flexibility index (Phi) is 2.04. The number of fused-ring (bicyclic) bond motifs is 1. The highest BCUT2D eigenvalue weighted by molar-refractivity contribution is 5.98.